The minimum absolute atomic E-state index is 0.0593. The van der Waals surface area contributed by atoms with Gasteiger partial charge in [0.15, 0.2) is 5.78 Å². The molecule has 1 aromatic rings. The van der Waals surface area contributed by atoms with Gasteiger partial charge < -0.3 is 4.74 Å². The molecule has 104 valence electrons. The second-order valence-electron chi connectivity index (χ2n) is 5.02. The van der Waals surface area contributed by atoms with Crippen molar-refractivity contribution in [3.05, 3.63) is 24.0 Å². The molecule has 1 aromatic heterocycles. The number of nitrogens with zero attached hydrogens (tertiary/aromatic N) is 1. The molecule has 1 atom stereocenters. The van der Waals surface area contributed by atoms with E-state index in [2.05, 4.69) is 4.98 Å². The summed E-state index contributed by atoms with van der Waals surface area (Å²) in [5.74, 6) is -2.61. The number of ether oxygens (including phenoxy) is 1. The molecule has 1 saturated carbocycles. The second-order valence-corrected chi connectivity index (χ2v) is 5.02. The van der Waals surface area contributed by atoms with Gasteiger partial charge in [-0.3, -0.25) is 9.78 Å². The number of alkyl halides is 2. The lowest BCUT2D eigenvalue weighted by Crippen LogP contribution is -2.27. The lowest BCUT2D eigenvalue weighted by Gasteiger charge is -2.28. The molecule has 0 N–H and O–H groups in total. The number of carbonyl (C=O) groups excluding carboxylic acids is 1. The lowest BCUT2D eigenvalue weighted by molar-refractivity contribution is -0.0521. The molecule has 0 spiro atoms. The number of pyridine rings is 1. The van der Waals surface area contributed by atoms with Crippen LogP contribution in [0.25, 0.3) is 0 Å². The fourth-order valence-corrected chi connectivity index (χ4v) is 2.60. The summed E-state index contributed by atoms with van der Waals surface area (Å²) in [7, 11) is 1.46. The van der Waals surface area contributed by atoms with Crippen LogP contribution in [0.3, 0.4) is 0 Å². The maximum Gasteiger partial charge on any atom is 0.248 e. The number of carbonyl (C=O) groups is 1. The molecule has 1 aliphatic carbocycles. The number of hydrogen-bond acceptors (Lipinski definition) is 3. The van der Waals surface area contributed by atoms with Gasteiger partial charge in [0.25, 0.3) is 0 Å². The van der Waals surface area contributed by atoms with Crippen molar-refractivity contribution in [1.29, 1.82) is 0 Å². The van der Waals surface area contributed by atoms with E-state index in [1.54, 1.807) is 6.07 Å². The molecule has 1 fully saturated rings. The molecule has 0 amide bonds. The van der Waals surface area contributed by atoms with E-state index in [9.17, 15) is 13.6 Å². The van der Waals surface area contributed by atoms with Crippen molar-refractivity contribution in [2.24, 2.45) is 5.92 Å². The normalized spacial score (nSPS) is 21.9. The van der Waals surface area contributed by atoms with Crippen molar-refractivity contribution in [1.82, 2.24) is 4.98 Å². The van der Waals surface area contributed by atoms with Crippen molar-refractivity contribution in [3.63, 3.8) is 0 Å². The lowest BCUT2D eigenvalue weighted by atomic mass is 9.82. The van der Waals surface area contributed by atoms with E-state index in [1.165, 1.54) is 19.5 Å². The predicted molar refractivity (Wildman–Crippen MR) is 66.6 cm³/mol. The first kappa shape index (κ1) is 13.9. The third-order valence-electron chi connectivity index (χ3n) is 3.52. The van der Waals surface area contributed by atoms with Crippen LogP contribution in [0.4, 0.5) is 8.78 Å². The summed E-state index contributed by atoms with van der Waals surface area (Å²) in [6, 6.07) is 1.57. The molecule has 1 aliphatic rings. The zero-order valence-corrected chi connectivity index (χ0v) is 10.9. The van der Waals surface area contributed by atoms with E-state index in [1.807, 2.05) is 0 Å². The van der Waals surface area contributed by atoms with Crippen LogP contribution in [0.1, 0.15) is 42.5 Å². The van der Waals surface area contributed by atoms with Crippen LogP contribution in [-0.4, -0.2) is 23.8 Å². The monoisotopic (exact) mass is 269 g/mol. The Morgan fingerprint density at radius 1 is 1.58 bits per heavy atom. The van der Waals surface area contributed by atoms with E-state index in [0.717, 1.165) is 0 Å². The van der Waals surface area contributed by atoms with Gasteiger partial charge in [-0.2, -0.15) is 0 Å². The maximum absolute atomic E-state index is 13.3. The van der Waals surface area contributed by atoms with Gasteiger partial charge >= 0.3 is 0 Å². The van der Waals surface area contributed by atoms with Crippen molar-refractivity contribution in [3.8, 4) is 5.75 Å². The average molecular weight is 269 g/mol. The Balaban J connectivity index is 2.05. The highest BCUT2D eigenvalue weighted by Crippen LogP contribution is 2.38. The van der Waals surface area contributed by atoms with Crippen LogP contribution in [0.5, 0.6) is 5.75 Å². The zero-order chi connectivity index (χ0) is 13.9. The molecular formula is C14H17F2NO2. The third-order valence-corrected chi connectivity index (χ3v) is 3.52. The molecule has 0 bridgehead atoms. The van der Waals surface area contributed by atoms with Gasteiger partial charge in [-0.1, -0.05) is 0 Å². The van der Waals surface area contributed by atoms with Gasteiger partial charge in [0.1, 0.15) is 5.75 Å². The molecule has 0 aliphatic heterocycles. The van der Waals surface area contributed by atoms with E-state index >= 15 is 0 Å². The summed E-state index contributed by atoms with van der Waals surface area (Å²) in [6.45, 7) is 0. The molecule has 1 unspecified atom stereocenters. The van der Waals surface area contributed by atoms with Gasteiger partial charge in [0.2, 0.25) is 5.92 Å². The van der Waals surface area contributed by atoms with Gasteiger partial charge in [0.05, 0.1) is 18.9 Å². The Morgan fingerprint density at radius 3 is 3.05 bits per heavy atom. The summed E-state index contributed by atoms with van der Waals surface area (Å²) in [5.41, 5.74) is 0.423. The smallest absolute Gasteiger partial charge is 0.248 e. The Bertz CT molecular complexity index is 463. The molecule has 0 saturated heterocycles. The van der Waals surface area contributed by atoms with Crippen LogP contribution in [0.2, 0.25) is 0 Å². The number of methoxy groups -OCH3 is 1. The maximum atomic E-state index is 13.3. The quantitative estimate of drug-likeness (QED) is 0.785. The highest BCUT2D eigenvalue weighted by Gasteiger charge is 2.37. The molecule has 19 heavy (non-hydrogen) atoms. The Morgan fingerprint density at radius 2 is 2.37 bits per heavy atom. The standard InChI is InChI=1S/C14H17F2NO2/c1-19-13-9-17-6-4-11(13)12(18)7-10-3-2-5-14(15,16)8-10/h4,6,9-10H,2-3,5,7-8H2,1H3. The van der Waals surface area contributed by atoms with Crippen LogP contribution in [0.15, 0.2) is 18.5 Å². The van der Waals surface area contributed by atoms with Crippen LogP contribution in [0, 0.1) is 5.92 Å². The van der Waals surface area contributed by atoms with E-state index in [0.29, 0.717) is 24.2 Å². The second kappa shape index (κ2) is 5.63. The van der Waals surface area contributed by atoms with Crippen molar-refractivity contribution >= 4 is 5.78 Å². The number of Topliss-reactive ketones (excluding diaryl/α,β-unsaturated/α-hetero) is 1. The van der Waals surface area contributed by atoms with Crippen LogP contribution >= 0.6 is 0 Å². The number of ketones is 1. The highest BCUT2D eigenvalue weighted by molar-refractivity contribution is 5.98. The summed E-state index contributed by atoms with van der Waals surface area (Å²) < 4.78 is 31.7. The fourth-order valence-electron chi connectivity index (χ4n) is 2.60. The van der Waals surface area contributed by atoms with E-state index < -0.39 is 5.92 Å². The van der Waals surface area contributed by atoms with Gasteiger partial charge in [-0.15, -0.1) is 0 Å². The minimum atomic E-state index is -2.62. The molecule has 5 heteroatoms. The highest BCUT2D eigenvalue weighted by atomic mass is 19.3. The topological polar surface area (TPSA) is 39.2 Å². The first-order valence-electron chi connectivity index (χ1n) is 6.41. The molecule has 3 nitrogen and oxygen atoms in total. The number of aromatic nitrogens is 1. The van der Waals surface area contributed by atoms with Gasteiger partial charge in [0, 0.05) is 25.5 Å². The Hall–Kier alpha value is -1.52. The SMILES string of the molecule is COc1cnccc1C(=O)CC1CCCC(F)(F)C1. The van der Waals surface area contributed by atoms with Crippen molar-refractivity contribution in [2.45, 2.75) is 38.0 Å². The van der Waals surface area contributed by atoms with E-state index in [-0.39, 0.29) is 31.0 Å². The Labute approximate surface area is 111 Å². The first-order valence-corrected chi connectivity index (χ1v) is 6.41. The van der Waals surface area contributed by atoms with Crippen molar-refractivity contribution in [2.75, 3.05) is 7.11 Å². The largest absolute Gasteiger partial charge is 0.494 e. The number of hydrogen-bond donors (Lipinski definition) is 0. The molecule has 1 heterocycles. The van der Waals surface area contributed by atoms with E-state index in [4.69, 9.17) is 4.74 Å². The minimum Gasteiger partial charge on any atom is -0.494 e. The van der Waals surface area contributed by atoms with Crippen LogP contribution < -0.4 is 4.74 Å². The summed E-state index contributed by atoms with van der Waals surface area (Å²) in [4.78, 5) is 16.0. The van der Waals surface area contributed by atoms with Gasteiger partial charge in [-0.25, -0.2) is 8.78 Å². The predicted octanol–water partition coefficient (Wildman–Crippen LogP) is 3.49. The molecule has 0 radical (unpaired) electrons. The Kier molecular flexibility index (Phi) is 4.12. The van der Waals surface area contributed by atoms with Crippen molar-refractivity contribution < 1.29 is 18.3 Å². The van der Waals surface area contributed by atoms with Crippen LogP contribution in [-0.2, 0) is 0 Å². The fraction of sp³-hybridized carbons (Fsp3) is 0.571. The average Bonchev–Trinajstić information content (AvgIpc) is 2.37. The summed E-state index contributed by atoms with van der Waals surface area (Å²) in [6.07, 6.45) is 4.04. The summed E-state index contributed by atoms with van der Waals surface area (Å²) in [5, 5.41) is 0. The molecule has 0 aromatic carbocycles. The molecular weight excluding hydrogens is 252 g/mol. The third kappa shape index (κ3) is 3.49. The zero-order valence-electron chi connectivity index (χ0n) is 10.9. The number of halogens is 2. The van der Waals surface area contributed by atoms with Gasteiger partial charge in [-0.05, 0) is 24.8 Å². The molecule has 2 rings (SSSR count). The number of rotatable bonds is 4. The first-order chi connectivity index (χ1) is 9.02. The summed E-state index contributed by atoms with van der Waals surface area (Å²) >= 11 is 0.